The fraction of sp³-hybridized carbons (Fsp3) is 0.200. The van der Waals surface area contributed by atoms with Crippen molar-refractivity contribution in [3.63, 3.8) is 0 Å². The van der Waals surface area contributed by atoms with Crippen LogP contribution in [-0.2, 0) is 14.4 Å². The molecule has 0 unspecified atom stereocenters. The lowest BCUT2D eigenvalue weighted by Gasteiger charge is -2.29. The smallest absolute Gasteiger partial charge is 0.266 e. The second-order valence-electron chi connectivity index (χ2n) is 7.85. The number of hydrogen-bond donors (Lipinski definition) is 1. The Morgan fingerprint density at radius 1 is 0.906 bits per heavy atom. The second-order valence-corrected chi connectivity index (χ2v) is 7.85. The molecule has 3 atom stereocenters. The average Bonchev–Trinajstić information content (AvgIpc) is 3.31. The molecule has 0 spiro atoms. The van der Waals surface area contributed by atoms with E-state index in [4.69, 9.17) is 9.57 Å². The molecule has 7 heteroatoms. The van der Waals surface area contributed by atoms with Gasteiger partial charge >= 0.3 is 0 Å². The first kappa shape index (κ1) is 20.1. The highest BCUT2D eigenvalue weighted by Gasteiger charge is 2.61. The van der Waals surface area contributed by atoms with Crippen LogP contribution in [0.25, 0.3) is 0 Å². The number of para-hydroxylation sites is 3. The molecule has 0 saturated carbocycles. The summed E-state index contributed by atoms with van der Waals surface area (Å²) in [5.41, 5.74) is 2.49. The van der Waals surface area contributed by atoms with Gasteiger partial charge in [0.25, 0.3) is 5.91 Å². The van der Waals surface area contributed by atoms with Gasteiger partial charge in [-0.25, -0.2) is 9.96 Å². The number of imide groups is 1. The van der Waals surface area contributed by atoms with Gasteiger partial charge in [0.2, 0.25) is 5.91 Å². The average molecular weight is 430 g/mol. The van der Waals surface area contributed by atoms with Gasteiger partial charge in [-0.2, -0.15) is 0 Å². The molecule has 2 fully saturated rings. The van der Waals surface area contributed by atoms with Gasteiger partial charge in [0, 0.05) is 5.56 Å². The first-order chi connectivity index (χ1) is 15.5. The highest BCUT2D eigenvalue weighted by atomic mass is 16.7. The SMILES string of the molecule is COc1cccc([C@H]2[C@@H]3C(=O)N(c4ccccc4C)C(=O)[C@H]3ON2c2ccccc2)c1O. The van der Waals surface area contributed by atoms with Crippen molar-refractivity contribution in [2.45, 2.75) is 19.1 Å². The summed E-state index contributed by atoms with van der Waals surface area (Å²) >= 11 is 0. The number of fused-ring (bicyclic) bond motifs is 1. The Kier molecular flexibility index (Phi) is 4.83. The number of ether oxygens (including phenoxy) is 1. The Morgan fingerprint density at radius 2 is 1.62 bits per heavy atom. The molecule has 2 aliphatic rings. The van der Waals surface area contributed by atoms with Crippen LogP contribution >= 0.6 is 0 Å². The maximum absolute atomic E-state index is 13.7. The Morgan fingerprint density at radius 3 is 2.34 bits per heavy atom. The number of aromatic hydroxyl groups is 1. The van der Waals surface area contributed by atoms with Crippen LogP contribution in [0.3, 0.4) is 0 Å². The van der Waals surface area contributed by atoms with Crippen molar-refractivity contribution in [3.8, 4) is 11.5 Å². The van der Waals surface area contributed by atoms with E-state index in [1.807, 2.05) is 49.4 Å². The predicted molar refractivity (Wildman–Crippen MR) is 118 cm³/mol. The number of amides is 2. The van der Waals surface area contributed by atoms with Gasteiger partial charge in [0.05, 0.1) is 18.5 Å². The zero-order valence-corrected chi connectivity index (χ0v) is 17.6. The number of carbonyl (C=O) groups is 2. The maximum Gasteiger partial charge on any atom is 0.266 e. The lowest BCUT2D eigenvalue weighted by Crippen LogP contribution is -2.37. The van der Waals surface area contributed by atoms with Gasteiger partial charge in [0.1, 0.15) is 12.0 Å². The number of rotatable bonds is 4. The molecular weight excluding hydrogens is 408 g/mol. The minimum Gasteiger partial charge on any atom is -0.504 e. The third-order valence-corrected chi connectivity index (χ3v) is 6.05. The minimum atomic E-state index is -1.00. The molecule has 3 aromatic carbocycles. The highest BCUT2D eigenvalue weighted by Crippen LogP contribution is 2.50. The zero-order chi connectivity index (χ0) is 22.4. The summed E-state index contributed by atoms with van der Waals surface area (Å²) in [5.74, 6) is -1.41. The van der Waals surface area contributed by atoms with Crippen LogP contribution in [0.2, 0.25) is 0 Å². The van der Waals surface area contributed by atoms with Gasteiger partial charge < -0.3 is 9.84 Å². The Bertz CT molecular complexity index is 1200. The highest BCUT2D eigenvalue weighted by molar-refractivity contribution is 6.24. The van der Waals surface area contributed by atoms with Crippen LogP contribution in [0.4, 0.5) is 11.4 Å². The summed E-state index contributed by atoms with van der Waals surface area (Å²) in [7, 11) is 1.46. The van der Waals surface area contributed by atoms with Crippen molar-refractivity contribution >= 4 is 23.2 Å². The largest absolute Gasteiger partial charge is 0.504 e. The first-order valence-corrected chi connectivity index (χ1v) is 10.3. The number of hydroxylamine groups is 1. The molecule has 2 amide bonds. The molecule has 7 nitrogen and oxygen atoms in total. The third-order valence-electron chi connectivity index (χ3n) is 6.05. The number of phenols is 1. The normalized spacial score (nSPS) is 22.4. The first-order valence-electron chi connectivity index (χ1n) is 10.3. The summed E-state index contributed by atoms with van der Waals surface area (Å²) in [6.07, 6.45) is -1.00. The monoisotopic (exact) mass is 430 g/mol. The number of aryl methyl sites for hydroxylation is 1. The second kappa shape index (κ2) is 7.69. The van der Waals surface area contributed by atoms with Crippen LogP contribution in [0.5, 0.6) is 11.5 Å². The molecule has 0 radical (unpaired) electrons. The van der Waals surface area contributed by atoms with Crippen molar-refractivity contribution in [1.29, 1.82) is 0 Å². The lowest BCUT2D eigenvalue weighted by atomic mass is 9.90. The number of methoxy groups -OCH3 is 1. The quantitative estimate of drug-likeness (QED) is 0.635. The van der Waals surface area contributed by atoms with Gasteiger partial charge in [-0.1, -0.05) is 48.5 Å². The standard InChI is InChI=1S/C25H22N2O5/c1-15-9-6-7-13-18(15)26-24(29)20-21(17-12-8-14-19(31-2)22(17)28)27(32-23(20)25(26)30)16-10-4-3-5-11-16/h3-14,20-21,23,28H,1-2H3/t20-,21-,23-/m0/s1. The molecule has 32 heavy (non-hydrogen) atoms. The van der Waals surface area contributed by atoms with Crippen molar-refractivity contribution in [1.82, 2.24) is 0 Å². The van der Waals surface area contributed by atoms with Crippen molar-refractivity contribution < 1.29 is 24.3 Å². The zero-order valence-electron chi connectivity index (χ0n) is 17.6. The predicted octanol–water partition coefficient (Wildman–Crippen LogP) is 3.76. The molecule has 2 aliphatic heterocycles. The van der Waals surface area contributed by atoms with E-state index in [2.05, 4.69) is 0 Å². The molecule has 0 aliphatic carbocycles. The van der Waals surface area contributed by atoms with E-state index in [0.717, 1.165) is 5.56 Å². The van der Waals surface area contributed by atoms with Crippen LogP contribution in [0, 0.1) is 12.8 Å². The number of hydrogen-bond acceptors (Lipinski definition) is 6. The number of phenolic OH excluding ortho intramolecular Hbond substituents is 1. The molecule has 0 bridgehead atoms. The summed E-state index contributed by atoms with van der Waals surface area (Å²) in [5, 5.41) is 12.4. The van der Waals surface area contributed by atoms with Gasteiger partial charge in [-0.15, -0.1) is 0 Å². The molecular formula is C25H22N2O5. The van der Waals surface area contributed by atoms with E-state index < -0.39 is 24.0 Å². The van der Waals surface area contributed by atoms with E-state index >= 15 is 0 Å². The Labute approximate surface area is 185 Å². The number of benzene rings is 3. The van der Waals surface area contributed by atoms with Crippen LogP contribution in [-0.4, -0.2) is 30.1 Å². The fourth-order valence-electron chi connectivity index (χ4n) is 4.52. The molecule has 2 heterocycles. The van der Waals surface area contributed by atoms with Crippen molar-refractivity contribution in [3.05, 3.63) is 83.9 Å². The molecule has 2 saturated heterocycles. The molecule has 162 valence electrons. The van der Waals surface area contributed by atoms with Gasteiger partial charge in [-0.05, 0) is 36.8 Å². The maximum atomic E-state index is 13.7. The summed E-state index contributed by atoms with van der Waals surface area (Å²) in [4.78, 5) is 34.4. The van der Waals surface area contributed by atoms with E-state index in [0.29, 0.717) is 16.9 Å². The van der Waals surface area contributed by atoms with Gasteiger partial charge in [0.15, 0.2) is 17.6 Å². The number of nitrogens with zero attached hydrogens (tertiary/aromatic N) is 2. The lowest BCUT2D eigenvalue weighted by molar-refractivity contribution is -0.126. The number of anilines is 2. The fourth-order valence-corrected chi connectivity index (χ4v) is 4.52. The molecule has 1 N–H and O–H groups in total. The Hall–Kier alpha value is -3.84. The summed E-state index contributed by atoms with van der Waals surface area (Å²) in [6, 6.07) is 20.9. The minimum absolute atomic E-state index is 0.0835. The van der Waals surface area contributed by atoms with E-state index in [1.165, 1.54) is 12.0 Å². The van der Waals surface area contributed by atoms with Crippen LogP contribution in [0.15, 0.2) is 72.8 Å². The summed E-state index contributed by atoms with van der Waals surface area (Å²) in [6.45, 7) is 1.85. The molecule has 5 rings (SSSR count). The van der Waals surface area contributed by atoms with Gasteiger partial charge in [-0.3, -0.25) is 14.4 Å². The Balaban J connectivity index is 1.64. The van der Waals surface area contributed by atoms with E-state index in [1.54, 1.807) is 35.4 Å². The van der Waals surface area contributed by atoms with Crippen molar-refractivity contribution in [2.24, 2.45) is 5.92 Å². The topological polar surface area (TPSA) is 79.3 Å². The molecule has 3 aromatic rings. The number of carbonyl (C=O) groups excluding carboxylic acids is 2. The van der Waals surface area contributed by atoms with Crippen LogP contribution < -0.4 is 14.7 Å². The van der Waals surface area contributed by atoms with Crippen molar-refractivity contribution in [2.75, 3.05) is 17.1 Å². The molecule has 0 aromatic heterocycles. The third kappa shape index (κ3) is 2.93. The van der Waals surface area contributed by atoms with E-state index in [-0.39, 0.29) is 17.4 Å². The summed E-state index contributed by atoms with van der Waals surface area (Å²) < 4.78 is 5.28. The van der Waals surface area contributed by atoms with Crippen LogP contribution in [0.1, 0.15) is 17.2 Å². The van der Waals surface area contributed by atoms with E-state index in [9.17, 15) is 14.7 Å².